The molecule has 1 aliphatic rings. The van der Waals surface area contributed by atoms with Crippen molar-refractivity contribution in [2.45, 2.75) is 44.9 Å². The first kappa shape index (κ1) is 14.7. The Balaban J connectivity index is 2.26. The number of aryl methyl sites for hydroxylation is 1. The lowest BCUT2D eigenvalue weighted by Gasteiger charge is -2.16. The number of halogens is 1. The average Bonchev–Trinajstić information content (AvgIpc) is 3.10. The summed E-state index contributed by atoms with van der Waals surface area (Å²) in [6.45, 7) is 6.18. The first-order chi connectivity index (χ1) is 8.80. The molecule has 0 saturated heterocycles. The number of ether oxygens (including phenoxy) is 1. The van der Waals surface area contributed by atoms with Crippen molar-refractivity contribution in [3.05, 3.63) is 22.8 Å². The van der Waals surface area contributed by atoms with E-state index in [9.17, 15) is 8.42 Å². The van der Waals surface area contributed by atoms with Gasteiger partial charge in [-0.2, -0.15) is 0 Å². The number of hydrogen-bond donors (Lipinski definition) is 0. The van der Waals surface area contributed by atoms with Gasteiger partial charge in [0.15, 0.2) is 0 Å². The monoisotopic (exact) mass is 302 g/mol. The summed E-state index contributed by atoms with van der Waals surface area (Å²) in [5.41, 5.74) is 2.34. The van der Waals surface area contributed by atoms with Gasteiger partial charge in [-0.15, -0.1) is 0 Å². The second kappa shape index (κ2) is 5.33. The number of hydrogen-bond acceptors (Lipinski definition) is 3. The summed E-state index contributed by atoms with van der Waals surface area (Å²) >= 11 is 0. The van der Waals surface area contributed by atoms with E-state index in [0.29, 0.717) is 12.2 Å². The minimum absolute atomic E-state index is 0.179. The van der Waals surface area contributed by atoms with Crippen LogP contribution in [0.3, 0.4) is 0 Å². The molecule has 0 amide bonds. The smallest absolute Gasteiger partial charge is 0.261 e. The summed E-state index contributed by atoms with van der Waals surface area (Å²) in [5.74, 6) is 1.62. The van der Waals surface area contributed by atoms with Crippen LogP contribution in [0.5, 0.6) is 5.75 Å². The van der Waals surface area contributed by atoms with Crippen LogP contribution in [0.2, 0.25) is 0 Å². The van der Waals surface area contributed by atoms with Gasteiger partial charge in [-0.25, -0.2) is 8.42 Å². The molecule has 0 radical (unpaired) electrons. The molecule has 0 atom stereocenters. The number of rotatable bonds is 5. The Hall–Kier alpha value is -0.740. The maximum atomic E-state index is 11.5. The molecule has 106 valence electrons. The Morgan fingerprint density at radius 3 is 2.42 bits per heavy atom. The zero-order valence-corrected chi connectivity index (χ0v) is 13.1. The lowest BCUT2D eigenvalue weighted by Crippen LogP contribution is -2.05. The van der Waals surface area contributed by atoms with E-state index in [1.54, 1.807) is 13.0 Å². The SMILES string of the molecule is Cc1cc(S(=O)(=O)Cl)c(C)c(C)c1OCCC1CC1. The van der Waals surface area contributed by atoms with Gasteiger partial charge in [-0.1, -0.05) is 12.8 Å². The summed E-state index contributed by atoms with van der Waals surface area (Å²) < 4.78 is 28.8. The molecular formula is C14H19ClO3S. The predicted molar refractivity (Wildman–Crippen MR) is 76.5 cm³/mol. The summed E-state index contributed by atoms with van der Waals surface area (Å²) in [6, 6.07) is 1.59. The van der Waals surface area contributed by atoms with Gasteiger partial charge in [0.2, 0.25) is 0 Å². The highest BCUT2D eigenvalue weighted by Crippen LogP contribution is 2.35. The van der Waals surface area contributed by atoms with E-state index < -0.39 is 9.05 Å². The second-order valence-electron chi connectivity index (χ2n) is 5.29. The van der Waals surface area contributed by atoms with Crippen molar-refractivity contribution in [1.82, 2.24) is 0 Å². The maximum absolute atomic E-state index is 11.5. The van der Waals surface area contributed by atoms with Crippen molar-refractivity contribution in [2.75, 3.05) is 6.61 Å². The van der Waals surface area contributed by atoms with Crippen LogP contribution in [-0.2, 0) is 9.05 Å². The van der Waals surface area contributed by atoms with Crippen molar-refractivity contribution in [2.24, 2.45) is 5.92 Å². The first-order valence-corrected chi connectivity index (χ1v) is 8.80. The average molecular weight is 303 g/mol. The molecule has 1 aromatic rings. The van der Waals surface area contributed by atoms with Crippen LogP contribution in [0.15, 0.2) is 11.0 Å². The topological polar surface area (TPSA) is 43.4 Å². The standard InChI is InChI=1S/C14H19ClO3S/c1-9-8-13(19(15,16)17)10(2)11(3)14(9)18-7-6-12-4-5-12/h8,12H,4-7H2,1-3H3. The largest absolute Gasteiger partial charge is 0.493 e. The Bertz CT molecular complexity index is 589. The van der Waals surface area contributed by atoms with Gasteiger partial charge in [0.1, 0.15) is 5.75 Å². The fraction of sp³-hybridized carbons (Fsp3) is 0.571. The lowest BCUT2D eigenvalue weighted by molar-refractivity contribution is 0.298. The Labute approximate surface area is 119 Å². The quantitative estimate of drug-likeness (QED) is 0.779. The van der Waals surface area contributed by atoms with Crippen LogP contribution in [0, 0.1) is 26.7 Å². The Morgan fingerprint density at radius 2 is 1.89 bits per heavy atom. The Kier molecular flexibility index (Phi) is 4.11. The second-order valence-corrected chi connectivity index (χ2v) is 7.82. The van der Waals surface area contributed by atoms with Crippen LogP contribution in [0.25, 0.3) is 0 Å². The fourth-order valence-electron chi connectivity index (χ4n) is 2.23. The van der Waals surface area contributed by atoms with Crippen molar-refractivity contribution >= 4 is 19.7 Å². The number of benzene rings is 1. The molecule has 19 heavy (non-hydrogen) atoms. The summed E-state index contributed by atoms with van der Waals surface area (Å²) in [4.78, 5) is 0.179. The maximum Gasteiger partial charge on any atom is 0.261 e. The lowest BCUT2D eigenvalue weighted by atomic mass is 10.1. The van der Waals surface area contributed by atoms with Crippen LogP contribution in [0.1, 0.15) is 36.0 Å². The van der Waals surface area contributed by atoms with E-state index >= 15 is 0 Å². The molecule has 3 nitrogen and oxygen atoms in total. The molecule has 0 spiro atoms. The molecule has 1 saturated carbocycles. The van der Waals surface area contributed by atoms with E-state index in [-0.39, 0.29) is 4.90 Å². The predicted octanol–water partition coefficient (Wildman–Crippen LogP) is 3.72. The molecule has 0 unspecified atom stereocenters. The molecule has 0 heterocycles. The highest BCUT2D eigenvalue weighted by Gasteiger charge is 2.22. The highest BCUT2D eigenvalue weighted by molar-refractivity contribution is 8.13. The third-order valence-electron chi connectivity index (χ3n) is 3.71. The summed E-state index contributed by atoms with van der Waals surface area (Å²) in [7, 11) is 1.74. The van der Waals surface area contributed by atoms with Gasteiger partial charge >= 0.3 is 0 Å². The highest BCUT2D eigenvalue weighted by atomic mass is 35.7. The molecule has 0 aliphatic heterocycles. The summed E-state index contributed by atoms with van der Waals surface area (Å²) in [5, 5.41) is 0. The van der Waals surface area contributed by atoms with Gasteiger partial charge in [0.25, 0.3) is 9.05 Å². The van der Waals surface area contributed by atoms with E-state index in [0.717, 1.165) is 29.2 Å². The zero-order chi connectivity index (χ0) is 14.2. The third-order valence-corrected chi connectivity index (χ3v) is 5.16. The molecule has 1 aliphatic carbocycles. The van der Waals surface area contributed by atoms with Gasteiger partial charge in [-0.05, 0) is 55.9 Å². The van der Waals surface area contributed by atoms with Crippen LogP contribution in [0.4, 0.5) is 0 Å². The Morgan fingerprint density at radius 1 is 1.26 bits per heavy atom. The van der Waals surface area contributed by atoms with E-state index in [1.165, 1.54) is 12.8 Å². The zero-order valence-electron chi connectivity index (χ0n) is 11.5. The molecule has 0 bridgehead atoms. The molecule has 1 fully saturated rings. The molecule has 5 heteroatoms. The van der Waals surface area contributed by atoms with Gasteiger partial charge < -0.3 is 4.74 Å². The molecule has 1 aromatic carbocycles. The van der Waals surface area contributed by atoms with Crippen LogP contribution >= 0.6 is 10.7 Å². The van der Waals surface area contributed by atoms with E-state index in [2.05, 4.69) is 0 Å². The van der Waals surface area contributed by atoms with E-state index in [4.69, 9.17) is 15.4 Å². The van der Waals surface area contributed by atoms with Gasteiger partial charge in [-0.3, -0.25) is 0 Å². The summed E-state index contributed by atoms with van der Waals surface area (Å²) in [6.07, 6.45) is 3.70. The van der Waals surface area contributed by atoms with Gasteiger partial charge in [0.05, 0.1) is 11.5 Å². The van der Waals surface area contributed by atoms with Crippen molar-refractivity contribution < 1.29 is 13.2 Å². The van der Waals surface area contributed by atoms with Crippen LogP contribution in [-0.4, -0.2) is 15.0 Å². The fourth-order valence-corrected chi connectivity index (χ4v) is 3.55. The minimum atomic E-state index is -3.70. The minimum Gasteiger partial charge on any atom is -0.493 e. The van der Waals surface area contributed by atoms with Crippen LogP contribution < -0.4 is 4.74 Å². The van der Waals surface area contributed by atoms with Crippen molar-refractivity contribution in [1.29, 1.82) is 0 Å². The normalized spacial score (nSPS) is 15.6. The third kappa shape index (κ3) is 3.42. The first-order valence-electron chi connectivity index (χ1n) is 6.49. The molecular weight excluding hydrogens is 284 g/mol. The van der Waals surface area contributed by atoms with E-state index in [1.807, 2.05) is 13.8 Å². The molecule has 0 N–H and O–H groups in total. The van der Waals surface area contributed by atoms with Crippen molar-refractivity contribution in [3.8, 4) is 5.75 Å². The molecule has 0 aromatic heterocycles. The van der Waals surface area contributed by atoms with Gasteiger partial charge in [0, 0.05) is 10.7 Å². The molecule has 2 rings (SSSR count). The van der Waals surface area contributed by atoms with Crippen molar-refractivity contribution in [3.63, 3.8) is 0 Å².